The highest BCUT2D eigenvalue weighted by molar-refractivity contribution is 5.93. The molecule has 0 aliphatic rings. The van der Waals surface area contributed by atoms with Gasteiger partial charge in [0, 0.05) is 25.2 Å². The Bertz CT molecular complexity index is 1100. The van der Waals surface area contributed by atoms with Gasteiger partial charge >= 0.3 is 5.97 Å². The number of aromatic nitrogens is 3. The number of carbonyl (C=O) groups is 2. The number of esters is 1. The average molecular weight is 423 g/mol. The van der Waals surface area contributed by atoms with Crippen LogP contribution in [0.25, 0.3) is 5.69 Å². The van der Waals surface area contributed by atoms with Crippen molar-refractivity contribution in [3.8, 4) is 5.69 Å². The van der Waals surface area contributed by atoms with E-state index in [1.165, 1.54) is 34.9 Å². The molecule has 1 amide bonds. The average Bonchev–Trinajstić information content (AvgIpc) is 3.17. The fourth-order valence-electron chi connectivity index (χ4n) is 3.04. The summed E-state index contributed by atoms with van der Waals surface area (Å²) in [5.41, 5.74) is 1.75. The SMILES string of the molecule is COC(=O)CCN(Cc1ccccc1)C(=O)c1nnn(-c2cccc([N+](=O)[O-])c2)c1C. The van der Waals surface area contributed by atoms with E-state index in [2.05, 4.69) is 15.0 Å². The number of ether oxygens (including phenoxy) is 1. The quantitative estimate of drug-likeness (QED) is 0.310. The van der Waals surface area contributed by atoms with Crippen molar-refractivity contribution in [1.29, 1.82) is 0 Å². The van der Waals surface area contributed by atoms with Crippen LogP contribution in [0.1, 0.15) is 28.2 Å². The number of hydrogen-bond donors (Lipinski definition) is 0. The zero-order valence-electron chi connectivity index (χ0n) is 17.1. The van der Waals surface area contributed by atoms with Crippen LogP contribution in [0.4, 0.5) is 5.69 Å². The molecule has 0 atom stereocenters. The smallest absolute Gasteiger partial charge is 0.307 e. The lowest BCUT2D eigenvalue weighted by molar-refractivity contribution is -0.384. The van der Waals surface area contributed by atoms with Crippen molar-refractivity contribution in [1.82, 2.24) is 19.9 Å². The summed E-state index contributed by atoms with van der Waals surface area (Å²) in [6, 6.07) is 15.3. The molecule has 0 aliphatic carbocycles. The predicted octanol–water partition coefficient (Wildman–Crippen LogP) is 2.69. The van der Waals surface area contributed by atoms with Crippen LogP contribution in [0.2, 0.25) is 0 Å². The van der Waals surface area contributed by atoms with E-state index in [-0.39, 0.29) is 30.9 Å². The first-order chi connectivity index (χ1) is 14.9. The Hall–Kier alpha value is -4.08. The molecule has 160 valence electrons. The van der Waals surface area contributed by atoms with Crippen LogP contribution in [-0.2, 0) is 16.1 Å². The van der Waals surface area contributed by atoms with Gasteiger partial charge in [-0.2, -0.15) is 0 Å². The standard InChI is InChI=1S/C21H21N5O5/c1-15-20(22-23-25(15)17-9-6-10-18(13-17)26(29)30)21(28)24(12-11-19(27)31-2)14-16-7-4-3-5-8-16/h3-10,13H,11-12,14H2,1-2H3. The molecule has 3 aromatic rings. The molecular weight excluding hydrogens is 402 g/mol. The van der Waals surface area contributed by atoms with Crippen molar-refractivity contribution in [3.63, 3.8) is 0 Å². The summed E-state index contributed by atoms with van der Waals surface area (Å²) >= 11 is 0. The van der Waals surface area contributed by atoms with E-state index >= 15 is 0 Å². The van der Waals surface area contributed by atoms with Crippen LogP contribution < -0.4 is 0 Å². The molecule has 0 aliphatic heterocycles. The normalized spacial score (nSPS) is 10.5. The van der Waals surface area contributed by atoms with Gasteiger partial charge < -0.3 is 9.64 Å². The van der Waals surface area contributed by atoms with Gasteiger partial charge in [0.1, 0.15) is 0 Å². The molecule has 1 heterocycles. The maximum absolute atomic E-state index is 13.2. The molecule has 10 heteroatoms. The molecule has 0 spiro atoms. The number of hydrogen-bond acceptors (Lipinski definition) is 7. The molecule has 10 nitrogen and oxygen atoms in total. The molecule has 0 fully saturated rings. The number of nitro groups is 1. The third-order valence-electron chi connectivity index (χ3n) is 4.70. The minimum atomic E-state index is -0.504. The van der Waals surface area contributed by atoms with Crippen LogP contribution in [0.15, 0.2) is 54.6 Å². The Morgan fingerprint density at radius 3 is 2.58 bits per heavy atom. The van der Waals surface area contributed by atoms with Gasteiger partial charge in [-0.3, -0.25) is 19.7 Å². The van der Waals surface area contributed by atoms with Crippen LogP contribution in [-0.4, -0.2) is 50.3 Å². The highest BCUT2D eigenvalue weighted by Gasteiger charge is 2.24. The molecule has 1 aromatic heterocycles. The van der Waals surface area contributed by atoms with E-state index in [0.29, 0.717) is 11.4 Å². The third-order valence-corrected chi connectivity index (χ3v) is 4.70. The number of non-ortho nitro benzene ring substituents is 1. The van der Waals surface area contributed by atoms with Crippen LogP contribution in [0, 0.1) is 17.0 Å². The summed E-state index contributed by atoms with van der Waals surface area (Å²) in [4.78, 5) is 36.9. The molecule has 0 unspecified atom stereocenters. The number of rotatable bonds is 8. The Kier molecular flexibility index (Phi) is 6.71. The molecule has 0 saturated heterocycles. The summed E-state index contributed by atoms with van der Waals surface area (Å²) in [7, 11) is 1.29. The Morgan fingerprint density at radius 1 is 1.16 bits per heavy atom. The topological polar surface area (TPSA) is 120 Å². The third kappa shape index (κ3) is 5.10. The zero-order chi connectivity index (χ0) is 22.4. The van der Waals surface area contributed by atoms with Gasteiger partial charge in [0.2, 0.25) is 0 Å². The highest BCUT2D eigenvalue weighted by Crippen LogP contribution is 2.19. The summed E-state index contributed by atoms with van der Waals surface area (Å²) in [5.74, 6) is -0.829. The van der Waals surface area contributed by atoms with Gasteiger partial charge in [0.15, 0.2) is 5.69 Å². The van der Waals surface area contributed by atoms with E-state index in [0.717, 1.165) is 5.56 Å². The second kappa shape index (κ2) is 9.61. The van der Waals surface area contributed by atoms with Gasteiger partial charge in [-0.05, 0) is 18.6 Å². The Morgan fingerprint density at radius 2 is 1.90 bits per heavy atom. The molecular formula is C21H21N5O5. The minimum Gasteiger partial charge on any atom is -0.469 e. The maximum Gasteiger partial charge on any atom is 0.307 e. The lowest BCUT2D eigenvalue weighted by atomic mass is 10.2. The molecule has 3 rings (SSSR count). The monoisotopic (exact) mass is 423 g/mol. The molecule has 31 heavy (non-hydrogen) atoms. The maximum atomic E-state index is 13.2. The van der Waals surface area contributed by atoms with E-state index in [1.54, 1.807) is 13.0 Å². The minimum absolute atomic E-state index is 0.0349. The summed E-state index contributed by atoms with van der Waals surface area (Å²) in [6.07, 6.45) is 0.0349. The summed E-state index contributed by atoms with van der Waals surface area (Å²) in [6.45, 7) is 2.08. The first kappa shape index (κ1) is 21.6. The highest BCUT2D eigenvalue weighted by atomic mass is 16.6. The van der Waals surface area contributed by atoms with Gasteiger partial charge in [0.25, 0.3) is 11.6 Å². The molecule has 0 saturated carbocycles. The molecule has 0 bridgehead atoms. The number of nitrogens with zero attached hydrogens (tertiary/aromatic N) is 5. The van der Waals surface area contributed by atoms with Crippen LogP contribution in [0.3, 0.4) is 0 Å². The van der Waals surface area contributed by atoms with Crippen molar-refractivity contribution in [2.45, 2.75) is 19.9 Å². The van der Waals surface area contributed by atoms with Crippen molar-refractivity contribution >= 4 is 17.6 Å². The van der Waals surface area contributed by atoms with Gasteiger partial charge in [-0.1, -0.05) is 41.6 Å². The second-order valence-electron chi connectivity index (χ2n) is 6.75. The number of benzene rings is 2. The predicted molar refractivity (Wildman–Crippen MR) is 111 cm³/mol. The first-order valence-electron chi connectivity index (χ1n) is 9.48. The van der Waals surface area contributed by atoms with Crippen LogP contribution >= 0.6 is 0 Å². The number of amides is 1. The van der Waals surface area contributed by atoms with Crippen LogP contribution in [0.5, 0.6) is 0 Å². The number of carbonyl (C=O) groups excluding carboxylic acids is 2. The fraction of sp³-hybridized carbons (Fsp3) is 0.238. The van der Waals surface area contributed by atoms with Crippen molar-refractivity contribution in [2.75, 3.05) is 13.7 Å². The lowest BCUT2D eigenvalue weighted by Crippen LogP contribution is -2.33. The van der Waals surface area contributed by atoms with E-state index in [9.17, 15) is 19.7 Å². The summed E-state index contributed by atoms with van der Waals surface area (Å²) in [5, 5.41) is 19.1. The number of nitro benzene ring substituents is 1. The molecule has 2 aromatic carbocycles. The fourth-order valence-corrected chi connectivity index (χ4v) is 3.04. The van der Waals surface area contributed by atoms with Crippen molar-refractivity contribution in [2.24, 2.45) is 0 Å². The first-order valence-corrected chi connectivity index (χ1v) is 9.48. The van der Waals surface area contributed by atoms with Gasteiger partial charge in [-0.25, -0.2) is 4.68 Å². The van der Waals surface area contributed by atoms with Crippen molar-refractivity contribution < 1.29 is 19.2 Å². The Balaban J connectivity index is 1.89. The van der Waals surface area contributed by atoms with E-state index in [1.807, 2.05) is 30.3 Å². The lowest BCUT2D eigenvalue weighted by Gasteiger charge is -2.21. The van der Waals surface area contributed by atoms with E-state index < -0.39 is 16.8 Å². The van der Waals surface area contributed by atoms with Crippen molar-refractivity contribution in [3.05, 3.63) is 81.7 Å². The zero-order valence-corrected chi connectivity index (χ0v) is 17.1. The Labute approximate surface area is 178 Å². The second-order valence-corrected chi connectivity index (χ2v) is 6.75. The largest absolute Gasteiger partial charge is 0.469 e. The summed E-state index contributed by atoms with van der Waals surface area (Å²) < 4.78 is 6.06. The molecule has 0 radical (unpaired) electrons. The molecule has 0 N–H and O–H groups in total. The van der Waals surface area contributed by atoms with E-state index in [4.69, 9.17) is 0 Å². The number of methoxy groups -OCH3 is 1. The van der Waals surface area contributed by atoms with Gasteiger partial charge in [-0.15, -0.1) is 5.10 Å². The van der Waals surface area contributed by atoms with Gasteiger partial charge in [0.05, 0.1) is 29.8 Å².